The number of rotatable bonds is 2. The van der Waals surface area contributed by atoms with Crippen LogP contribution in [0, 0.1) is 11.6 Å². The molecule has 1 rings (SSSR count). The SMILES string of the molecule is O=C(Cc1cc(F)ccc1F)N=C=S. The Balaban J connectivity index is 2.90. The number of hydrogen-bond donors (Lipinski definition) is 0. The summed E-state index contributed by atoms with van der Waals surface area (Å²) in [5.41, 5.74) is -0.0380. The molecule has 0 fully saturated rings. The minimum atomic E-state index is -0.649. The fourth-order valence-electron chi connectivity index (χ4n) is 0.932. The van der Waals surface area contributed by atoms with Gasteiger partial charge in [0.1, 0.15) is 11.6 Å². The molecule has 0 saturated heterocycles. The Kier molecular flexibility index (Phi) is 3.56. The van der Waals surface area contributed by atoms with Gasteiger partial charge in [0.2, 0.25) is 0 Å². The quantitative estimate of drug-likeness (QED) is 0.556. The van der Waals surface area contributed by atoms with Crippen LogP contribution in [-0.4, -0.2) is 11.1 Å². The highest BCUT2D eigenvalue weighted by Gasteiger charge is 2.07. The third-order valence-electron chi connectivity index (χ3n) is 1.52. The number of isothiocyanates is 1. The van der Waals surface area contributed by atoms with Crippen molar-refractivity contribution in [3.63, 3.8) is 0 Å². The average molecular weight is 213 g/mol. The minimum absolute atomic E-state index is 0.0380. The highest BCUT2D eigenvalue weighted by atomic mass is 32.1. The summed E-state index contributed by atoms with van der Waals surface area (Å²) in [5, 5.41) is 1.86. The number of halogens is 2. The van der Waals surface area contributed by atoms with Gasteiger partial charge in [-0.3, -0.25) is 4.79 Å². The molecule has 0 unspecified atom stereocenters. The Hall–Kier alpha value is -1.45. The van der Waals surface area contributed by atoms with E-state index in [0.29, 0.717) is 0 Å². The molecular weight excluding hydrogens is 208 g/mol. The van der Waals surface area contributed by atoms with E-state index in [9.17, 15) is 13.6 Å². The summed E-state index contributed by atoms with van der Waals surface area (Å²) in [6, 6.07) is 2.89. The first-order chi connectivity index (χ1) is 6.63. The van der Waals surface area contributed by atoms with Gasteiger partial charge in [-0.15, -0.1) is 0 Å². The van der Waals surface area contributed by atoms with Gasteiger partial charge in [-0.2, -0.15) is 4.99 Å². The number of thiocarbonyl (C=S) groups is 1. The van der Waals surface area contributed by atoms with Gasteiger partial charge < -0.3 is 0 Å². The van der Waals surface area contributed by atoms with E-state index in [4.69, 9.17) is 0 Å². The second kappa shape index (κ2) is 4.69. The zero-order valence-corrected chi connectivity index (χ0v) is 7.78. The van der Waals surface area contributed by atoms with E-state index in [1.807, 2.05) is 5.16 Å². The Labute approximate surface area is 84.3 Å². The van der Waals surface area contributed by atoms with Crippen LogP contribution in [-0.2, 0) is 11.2 Å². The number of carbonyl (C=O) groups is 1. The van der Waals surface area contributed by atoms with Crippen LogP contribution < -0.4 is 0 Å². The normalized spacial score (nSPS) is 9.29. The topological polar surface area (TPSA) is 29.4 Å². The first-order valence-corrected chi connectivity index (χ1v) is 4.09. The van der Waals surface area contributed by atoms with Gasteiger partial charge in [0.05, 0.1) is 11.6 Å². The molecule has 1 aromatic rings. The number of carbonyl (C=O) groups excluding carboxylic acids is 1. The Morgan fingerprint density at radius 3 is 2.86 bits per heavy atom. The molecule has 0 aliphatic heterocycles. The van der Waals surface area contributed by atoms with Crippen molar-refractivity contribution in [2.75, 3.05) is 0 Å². The maximum atomic E-state index is 13.0. The van der Waals surface area contributed by atoms with Gasteiger partial charge in [-0.25, -0.2) is 8.78 Å². The monoisotopic (exact) mass is 213 g/mol. The van der Waals surface area contributed by atoms with Gasteiger partial charge in [-0.05, 0) is 30.4 Å². The summed E-state index contributed by atoms with van der Waals surface area (Å²) in [7, 11) is 0. The van der Waals surface area contributed by atoms with E-state index in [1.165, 1.54) is 0 Å². The first kappa shape index (κ1) is 10.6. The smallest absolute Gasteiger partial charge is 0.259 e. The summed E-state index contributed by atoms with van der Waals surface area (Å²) in [6.07, 6.45) is -0.312. The van der Waals surface area contributed by atoms with Gasteiger partial charge in [0.25, 0.3) is 5.91 Å². The molecule has 0 aliphatic rings. The van der Waals surface area contributed by atoms with Crippen LogP contribution in [0.3, 0.4) is 0 Å². The lowest BCUT2D eigenvalue weighted by Crippen LogP contribution is -2.01. The maximum Gasteiger partial charge on any atom is 0.259 e. The molecule has 0 aliphatic carbocycles. The van der Waals surface area contributed by atoms with Crippen LogP contribution in [0.4, 0.5) is 8.78 Å². The van der Waals surface area contributed by atoms with Crippen LogP contribution >= 0.6 is 12.2 Å². The second-order valence-corrected chi connectivity index (χ2v) is 2.69. The molecule has 14 heavy (non-hydrogen) atoms. The molecule has 72 valence electrons. The van der Waals surface area contributed by atoms with E-state index in [2.05, 4.69) is 17.2 Å². The molecule has 0 heterocycles. The van der Waals surface area contributed by atoms with Crippen molar-refractivity contribution >= 4 is 23.3 Å². The van der Waals surface area contributed by atoms with Crippen molar-refractivity contribution in [2.24, 2.45) is 4.99 Å². The molecular formula is C9H5F2NOS. The van der Waals surface area contributed by atoms with Gasteiger partial charge >= 0.3 is 0 Å². The van der Waals surface area contributed by atoms with Crippen molar-refractivity contribution in [3.05, 3.63) is 35.4 Å². The van der Waals surface area contributed by atoms with Crippen LogP contribution in [0.5, 0.6) is 0 Å². The van der Waals surface area contributed by atoms with Gasteiger partial charge in [0, 0.05) is 5.56 Å². The van der Waals surface area contributed by atoms with E-state index in [-0.39, 0.29) is 12.0 Å². The van der Waals surface area contributed by atoms with Gasteiger partial charge in [-0.1, -0.05) is 0 Å². The van der Waals surface area contributed by atoms with E-state index in [1.54, 1.807) is 0 Å². The molecule has 0 atom stereocenters. The largest absolute Gasteiger partial charge is 0.271 e. The number of hydrogen-bond acceptors (Lipinski definition) is 2. The van der Waals surface area contributed by atoms with Gasteiger partial charge in [0.15, 0.2) is 0 Å². The number of aliphatic imine (C=N–C) groups is 1. The number of amides is 1. The predicted molar refractivity (Wildman–Crippen MR) is 50.1 cm³/mol. The third-order valence-corrected chi connectivity index (χ3v) is 1.61. The molecule has 1 aromatic carbocycles. The standard InChI is InChI=1S/C9H5F2NOS/c10-7-1-2-8(11)6(3-7)4-9(13)12-5-14/h1-3H,4H2. The Morgan fingerprint density at radius 1 is 1.50 bits per heavy atom. The minimum Gasteiger partial charge on any atom is -0.271 e. The lowest BCUT2D eigenvalue weighted by Gasteiger charge is -1.98. The average Bonchev–Trinajstić information content (AvgIpc) is 2.12. The number of nitrogens with zero attached hydrogens (tertiary/aromatic N) is 1. The zero-order chi connectivity index (χ0) is 10.6. The lowest BCUT2D eigenvalue weighted by atomic mass is 10.1. The molecule has 0 spiro atoms. The first-order valence-electron chi connectivity index (χ1n) is 3.68. The summed E-state index contributed by atoms with van der Waals surface area (Å²) in [5.74, 6) is -1.88. The second-order valence-electron chi connectivity index (χ2n) is 2.51. The molecule has 1 amide bonds. The summed E-state index contributed by atoms with van der Waals surface area (Å²) in [6.45, 7) is 0. The summed E-state index contributed by atoms with van der Waals surface area (Å²) >= 11 is 4.20. The lowest BCUT2D eigenvalue weighted by molar-refractivity contribution is -0.117. The summed E-state index contributed by atoms with van der Waals surface area (Å²) < 4.78 is 25.6. The molecule has 0 aromatic heterocycles. The molecule has 0 N–H and O–H groups in total. The van der Waals surface area contributed by atoms with Crippen molar-refractivity contribution in [2.45, 2.75) is 6.42 Å². The van der Waals surface area contributed by atoms with Crippen LogP contribution in [0.25, 0.3) is 0 Å². The molecule has 2 nitrogen and oxygen atoms in total. The Morgan fingerprint density at radius 2 is 2.21 bits per heavy atom. The van der Waals surface area contributed by atoms with Crippen molar-refractivity contribution in [3.8, 4) is 0 Å². The maximum absolute atomic E-state index is 13.0. The molecule has 0 radical (unpaired) electrons. The molecule has 0 bridgehead atoms. The fraction of sp³-hybridized carbons (Fsp3) is 0.111. The van der Waals surface area contributed by atoms with Crippen LogP contribution in [0.2, 0.25) is 0 Å². The van der Waals surface area contributed by atoms with E-state index < -0.39 is 17.5 Å². The third kappa shape index (κ3) is 2.80. The van der Waals surface area contributed by atoms with E-state index >= 15 is 0 Å². The van der Waals surface area contributed by atoms with Crippen LogP contribution in [0.15, 0.2) is 23.2 Å². The Bertz CT molecular complexity index is 413. The summed E-state index contributed by atoms with van der Waals surface area (Å²) in [4.78, 5) is 14.0. The van der Waals surface area contributed by atoms with Crippen molar-refractivity contribution in [1.82, 2.24) is 0 Å². The highest BCUT2D eigenvalue weighted by Crippen LogP contribution is 2.10. The van der Waals surface area contributed by atoms with E-state index in [0.717, 1.165) is 18.2 Å². The highest BCUT2D eigenvalue weighted by molar-refractivity contribution is 7.78. The molecule has 0 saturated carbocycles. The van der Waals surface area contributed by atoms with Crippen molar-refractivity contribution in [1.29, 1.82) is 0 Å². The van der Waals surface area contributed by atoms with Crippen LogP contribution in [0.1, 0.15) is 5.56 Å². The predicted octanol–water partition coefficient (Wildman–Crippen LogP) is 2.14. The molecule has 5 heteroatoms. The fourth-order valence-corrected chi connectivity index (χ4v) is 1.03. The van der Waals surface area contributed by atoms with Crippen molar-refractivity contribution < 1.29 is 13.6 Å². The number of benzene rings is 1. The zero-order valence-electron chi connectivity index (χ0n) is 6.96.